The summed E-state index contributed by atoms with van der Waals surface area (Å²) in [5.74, 6) is -0.233. The van der Waals surface area contributed by atoms with Crippen LogP contribution in [0.5, 0.6) is 0 Å². The van der Waals surface area contributed by atoms with Crippen molar-refractivity contribution in [1.82, 2.24) is 4.90 Å². The van der Waals surface area contributed by atoms with Crippen molar-refractivity contribution in [2.24, 2.45) is 5.73 Å². The molecule has 0 bridgehead atoms. The van der Waals surface area contributed by atoms with Gasteiger partial charge >= 0.3 is 0 Å². The lowest BCUT2D eigenvalue weighted by atomic mass is 9.87. The molecular formula is C16H24BrFN2. The summed E-state index contributed by atoms with van der Waals surface area (Å²) in [5, 5.41) is 0. The van der Waals surface area contributed by atoms with Gasteiger partial charge in [-0.1, -0.05) is 25.0 Å². The third-order valence-electron chi connectivity index (χ3n) is 4.50. The first-order valence-electron chi connectivity index (χ1n) is 7.39. The van der Waals surface area contributed by atoms with Gasteiger partial charge in [-0.2, -0.15) is 0 Å². The number of hydrogen-bond acceptors (Lipinski definition) is 2. The summed E-state index contributed by atoms with van der Waals surface area (Å²) >= 11 is 3.25. The van der Waals surface area contributed by atoms with Crippen LogP contribution in [0.1, 0.15) is 51.1 Å². The Hall–Kier alpha value is -0.450. The van der Waals surface area contributed by atoms with E-state index < -0.39 is 0 Å². The topological polar surface area (TPSA) is 29.3 Å². The average molecular weight is 343 g/mol. The minimum atomic E-state index is -0.335. The molecule has 1 heterocycles. The molecule has 1 aliphatic heterocycles. The number of nitrogens with two attached hydrogens (primary N) is 1. The van der Waals surface area contributed by atoms with Crippen LogP contribution in [0.3, 0.4) is 0 Å². The molecular weight excluding hydrogens is 319 g/mol. The van der Waals surface area contributed by atoms with Gasteiger partial charge in [-0.3, -0.25) is 4.90 Å². The zero-order valence-electron chi connectivity index (χ0n) is 12.3. The number of benzene rings is 1. The van der Waals surface area contributed by atoms with Gasteiger partial charge in [0.25, 0.3) is 0 Å². The molecule has 1 aliphatic rings. The van der Waals surface area contributed by atoms with E-state index in [-0.39, 0.29) is 17.4 Å². The molecule has 20 heavy (non-hydrogen) atoms. The van der Waals surface area contributed by atoms with E-state index in [2.05, 4.69) is 34.7 Å². The van der Waals surface area contributed by atoms with Crippen LogP contribution >= 0.6 is 15.9 Å². The summed E-state index contributed by atoms with van der Waals surface area (Å²) in [6, 6.07) is 5.02. The van der Waals surface area contributed by atoms with Gasteiger partial charge in [0.2, 0.25) is 0 Å². The molecule has 0 radical (unpaired) electrons. The van der Waals surface area contributed by atoms with Gasteiger partial charge in [0, 0.05) is 11.1 Å². The van der Waals surface area contributed by atoms with E-state index >= 15 is 0 Å². The SMILES string of the molecule is CC(C)(C(N)c1cccc(Br)c1F)N1CCCCCC1. The summed E-state index contributed by atoms with van der Waals surface area (Å²) in [6.07, 6.45) is 4.98. The Morgan fingerprint density at radius 3 is 2.40 bits per heavy atom. The molecule has 0 amide bonds. The van der Waals surface area contributed by atoms with Crippen LogP contribution in [0, 0.1) is 5.82 Å². The van der Waals surface area contributed by atoms with E-state index in [0.29, 0.717) is 10.0 Å². The third-order valence-corrected chi connectivity index (χ3v) is 5.11. The van der Waals surface area contributed by atoms with Crippen molar-refractivity contribution in [3.63, 3.8) is 0 Å². The maximum absolute atomic E-state index is 14.3. The highest BCUT2D eigenvalue weighted by atomic mass is 79.9. The molecule has 2 rings (SSSR count). The first-order chi connectivity index (χ1) is 9.44. The lowest BCUT2D eigenvalue weighted by Gasteiger charge is -2.42. The maximum atomic E-state index is 14.3. The average Bonchev–Trinajstić information content (AvgIpc) is 2.70. The van der Waals surface area contributed by atoms with E-state index in [4.69, 9.17) is 5.73 Å². The predicted octanol–water partition coefficient (Wildman–Crippen LogP) is 4.24. The highest BCUT2D eigenvalue weighted by Crippen LogP contribution is 2.33. The van der Waals surface area contributed by atoms with Crippen molar-refractivity contribution in [2.45, 2.75) is 51.1 Å². The molecule has 0 aromatic heterocycles. The first kappa shape index (κ1) is 15.9. The Balaban J connectivity index is 2.25. The van der Waals surface area contributed by atoms with Crippen molar-refractivity contribution < 1.29 is 4.39 Å². The summed E-state index contributed by atoms with van der Waals surface area (Å²) in [4.78, 5) is 2.42. The molecule has 1 fully saturated rings. The molecule has 2 nitrogen and oxygen atoms in total. The highest BCUT2D eigenvalue weighted by molar-refractivity contribution is 9.10. The Bertz CT molecular complexity index is 454. The number of halogens is 2. The summed E-state index contributed by atoms with van der Waals surface area (Å²) in [6.45, 7) is 6.36. The van der Waals surface area contributed by atoms with Crippen molar-refractivity contribution in [2.75, 3.05) is 13.1 Å². The number of rotatable bonds is 3. The minimum Gasteiger partial charge on any atom is -0.322 e. The standard InChI is InChI=1S/C16H24BrFN2/c1-16(2,20-10-5-3-4-6-11-20)15(19)12-8-7-9-13(17)14(12)18/h7-9,15H,3-6,10-11,19H2,1-2H3. The van der Waals surface area contributed by atoms with Crippen molar-refractivity contribution >= 4 is 15.9 Å². The van der Waals surface area contributed by atoms with Gasteiger partial charge < -0.3 is 5.73 Å². The molecule has 1 atom stereocenters. The lowest BCUT2D eigenvalue weighted by molar-refractivity contribution is 0.0967. The Morgan fingerprint density at radius 2 is 1.80 bits per heavy atom. The molecule has 1 saturated heterocycles. The molecule has 1 aromatic rings. The Morgan fingerprint density at radius 1 is 1.20 bits per heavy atom. The number of nitrogens with zero attached hydrogens (tertiary/aromatic N) is 1. The van der Waals surface area contributed by atoms with Crippen LogP contribution in [0.25, 0.3) is 0 Å². The van der Waals surface area contributed by atoms with E-state index in [1.54, 1.807) is 12.1 Å². The van der Waals surface area contributed by atoms with E-state index in [9.17, 15) is 4.39 Å². The normalized spacial score (nSPS) is 19.6. The zero-order valence-corrected chi connectivity index (χ0v) is 13.9. The van der Waals surface area contributed by atoms with Gasteiger partial charge in [0.05, 0.1) is 10.5 Å². The van der Waals surface area contributed by atoms with Crippen LogP contribution in [0.2, 0.25) is 0 Å². The smallest absolute Gasteiger partial charge is 0.142 e. The first-order valence-corrected chi connectivity index (χ1v) is 8.18. The van der Waals surface area contributed by atoms with Gasteiger partial charge in [-0.05, 0) is 61.8 Å². The van der Waals surface area contributed by atoms with Crippen LogP contribution in [0.15, 0.2) is 22.7 Å². The summed E-state index contributed by atoms with van der Waals surface area (Å²) in [5.41, 5.74) is 6.77. The second-order valence-electron chi connectivity index (χ2n) is 6.18. The Kier molecular flexibility index (Phi) is 5.21. The molecule has 112 valence electrons. The fourth-order valence-electron chi connectivity index (χ4n) is 2.98. The highest BCUT2D eigenvalue weighted by Gasteiger charge is 2.35. The van der Waals surface area contributed by atoms with Gasteiger partial charge in [0.15, 0.2) is 0 Å². The van der Waals surface area contributed by atoms with Gasteiger partial charge in [0.1, 0.15) is 5.82 Å². The molecule has 0 spiro atoms. The molecule has 4 heteroatoms. The number of hydrogen-bond donors (Lipinski definition) is 1. The molecule has 0 aliphatic carbocycles. The number of likely N-dealkylation sites (tertiary alicyclic amines) is 1. The summed E-state index contributed by atoms with van der Waals surface area (Å²) in [7, 11) is 0. The van der Waals surface area contributed by atoms with Gasteiger partial charge in [-0.25, -0.2) is 4.39 Å². The second kappa shape index (κ2) is 6.54. The predicted molar refractivity (Wildman–Crippen MR) is 85.1 cm³/mol. The fraction of sp³-hybridized carbons (Fsp3) is 0.625. The zero-order chi connectivity index (χ0) is 14.8. The van der Waals surface area contributed by atoms with Crippen molar-refractivity contribution in [3.8, 4) is 0 Å². The summed E-state index contributed by atoms with van der Waals surface area (Å²) < 4.78 is 14.8. The second-order valence-corrected chi connectivity index (χ2v) is 7.03. The van der Waals surface area contributed by atoms with Gasteiger partial charge in [-0.15, -0.1) is 0 Å². The molecule has 1 aromatic carbocycles. The quantitative estimate of drug-likeness (QED) is 0.889. The minimum absolute atomic E-state index is 0.233. The van der Waals surface area contributed by atoms with Crippen LogP contribution in [-0.4, -0.2) is 23.5 Å². The van der Waals surface area contributed by atoms with E-state index in [1.165, 1.54) is 25.7 Å². The third kappa shape index (κ3) is 3.23. The van der Waals surface area contributed by atoms with Crippen molar-refractivity contribution in [3.05, 3.63) is 34.1 Å². The maximum Gasteiger partial charge on any atom is 0.142 e. The lowest BCUT2D eigenvalue weighted by Crippen LogP contribution is -2.51. The molecule has 0 saturated carbocycles. The largest absolute Gasteiger partial charge is 0.322 e. The van der Waals surface area contributed by atoms with Crippen LogP contribution in [-0.2, 0) is 0 Å². The molecule has 2 N–H and O–H groups in total. The Labute approximate surface area is 129 Å². The van der Waals surface area contributed by atoms with Crippen molar-refractivity contribution in [1.29, 1.82) is 0 Å². The molecule has 1 unspecified atom stereocenters. The van der Waals surface area contributed by atoms with E-state index in [1.807, 2.05) is 6.07 Å². The monoisotopic (exact) mass is 342 g/mol. The fourth-order valence-corrected chi connectivity index (χ4v) is 3.37. The van der Waals surface area contributed by atoms with Crippen LogP contribution in [0.4, 0.5) is 4.39 Å². The van der Waals surface area contributed by atoms with Crippen LogP contribution < -0.4 is 5.73 Å². The van der Waals surface area contributed by atoms with E-state index in [0.717, 1.165) is 13.1 Å².